The smallest absolute Gasteiger partial charge is 0.226 e. The first kappa shape index (κ1) is 16.3. The van der Waals surface area contributed by atoms with Gasteiger partial charge in [0, 0.05) is 17.6 Å². The van der Waals surface area contributed by atoms with Crippen molar-refractivity contribution in [2.75, 3.05) is 26.3 Å². The number of halogens is 1. The Balaban J connectivity index is 1.79. The Hall–Kier alpha value is -1.11. The lowest BCUT2D eigenvalue weighted by molar-refractivity contribution is -0.147. The fourth-order valence-corrected chi connectivity index (χ4v) is 2.70. The Bertz CT molecular complexity index is 482. The molecular weight excluding hydrogens is 338 g/mol. The number of carbonyl (C=O) groups is 1. The van der Waals surface area contributed by atoms with Crippen LogP contribution in [-0.2, 0) is 9.53 Å². The zero-order valence-corrected chi connectivity index (χ0v) is 13.6. The highest BCUT2D eigenvalue weighted by Gasteiger charge is 2.27. The third kappa shape index (κ3) is 4.98. The molecule has 1 N–H and O–H groups in total. The first-order valence-corrected chi connectivity index (χ1v) is 7.80. The van der Waals surface area contributed by atoms with E-state index in [0.29, 0.717) is 26.1 Å². The van der Waals surface area contributed by atoms with E-state index >= 15 is 0 Å². The molecule has 21 heavy (non-hydrogen) atoms. The molecule has 0 aromatic heterocycles. The van der Waals surface area contributed by atoms with Crippen LogP contribution in [0.2, 0.25) is 0 Å². The van der Waals surface area contributed by atoms with Gasteiger partial charge in [-0.25, -0.2) is 0 Å². The second kappa shape index (κ2) is 7.77. The molecule has 6 heteroatoms. The predicted octanol–water partition coefficient (Wildman–Crippen LogP) is 1.83. The molecule has 1 aromatic carbocycles. The van der Waals surface area contributed by atoms with E-state index in [1.54, 1.807) is 4.90 Å². The maximum Gasteiger partial charge on any atom is 0.226 e. The molecule has 1 amide bonds. The summed E-state index contributed by atoms with van der Waals surface area (Å²) in [4.78, 5) is 13.9. The molecule has 2 rings (SSSR count). The quantitative estimate of drug-likeness (QED) is 0.873. The summed E-state index contributed by atoms with van der Waals surface area (Å²) in [5, 5.41) is 9.17. The minimum absolute atomic E-state index is 0.0265. The number of rotatable bonds is 5. The summed E-state index contributed by atoms with van der Waals surface area (Å²) in [6.45, 7) is 3.18. The van der Waals surface area contributed by atoms with Crippen LogP contribution >= 0.6 is 15.9 Å². The van der Waals surface area contributed by atoms with E-state index in [-0.39, 0.29) is 24.7 Å². The number of carbonyl (C=O) groups excluding carboxylic acids is 1. The highest BCUT2D eigenvalue weighted by molar-refractivity contribution is 9.10. The van der Waals surface area contributed by atoms with Crippen LogP contribution in [0.5, 0.6) is 5.75 Å². The first-order chi connectivity index (χ1) is 10.1. The summed E-state index contributed by atoms with van der Waals surface area (Å²) in [5.41, 5.74) is 0. The minimum Gasteiger partial charge on any atom is -0.493 e. The number of benzene rings is 1. The molecule has 0 saturated carbocycles. The molecule has 5 nitrogen and oxygen atoms in total. The summed E-state index contributed by atoms with van der Waals surface area (Å²) < 4.78 is 12.0. The summed E-state index contributed by atoms with van der Waals surface area (Å²) in [7, 11) is 0. The third-order valence-corrected chi connectivity index (χ3v) is 3.76. The maximum atomic E-state index is 12.2. The Morgan fingerprint density at radius 2 is 2.33 bits per heavy atom. The van der Waals surface area contributed by atoms with Crippen LogP contribution in [0, 0.1) is 0 Å². The van der Waals surface area contributed by atoms with Gasteiger partial charge < -0.3 is 19.5 Å². The Kier molecular flexibility index (Phi) is 6.02. The number of ether oxygens (including phenoxy) is 2. The second-order valence-corrected chi connectivity index (χ2v) is 6.02. The second-order valence-electron chi connectivity index (χ2n) is 5.11. The van der Waals surface area contributed by atoms with Crippen molar-refractivity contribution in [2.45, 2.75) is 25.6 Å². The van der Waals surface area contributed by atoms with Gasteiger partial charge in [0.2, 0.25) is 5.91 Å². The SMILES string of the molecule is CC1CN(C(=O)CCOc2cccc(Br)c2)CC(CO)O1. The van der Waals surface area contributed by atoms with E-state index in [4.69, 9.17) is 14.6 Å². The van der Waals surface area contributed by atoms with Crippen molar-refractivity contribution >= 4 is 21.8 Å². The molecule has 116 valence electrons. The van der Waals surface area contributed by atoms with Crippen LogP contribution in [0.4, 0.5) is 0 Å². The van der Waals surface area contributed by atoms with Gasteiger partial charge in [-0.2, -0.15) is 0 Å². The molecule has 2 unspecified atom stereocenters. The van der Waals surface area contributed by atoms with Crippen molar-refractivity contribution in [3.8, 4) is 5.75 Å². The molecule has 1 aliphatic rings. The lowest BCUT2D eigenvalue weighted by atomic mass is 10.2. The van der Waals surface area contributed by atoms with Gasteiger partial charge >= 0.3 is 0 Å². The lowest BCUT2D eigenvalue weighted by Gasteiger charge is -2.36. The Labute approximate surface area is 133 Å². The van der Waals surface area contributed by atoms with E-state index < -0.39 is 0 Å². The predicted molar refractivity (Wildman–Crippen MR) is 82.3 cm³/mol. The fourth-order valence-electron chi connectivity index (χ4n) is 2.32. The molecule has 0 radical (unpaired) electrons. The third-order valence-electron chi connectivity index (χ3n) is 3.26. The number of aliphatic hydroxyl groups is 1. The zero-order chi connectivity index (χ0) is 15.2. The van der Waals surface area contributed by atoms with E-state index in [0.717, 1.165) is 10.2 Å². The molecule has 0 spiro atoms. The van der Waals surface area contributed by atoms with E-state index in [1.807, 2.05) is 31.2 Å². The highest BCUT2D eigenvalue weighted by atomic mass is 79.9. The molecule has 2 atom stereocenters. The summed E-state index contributed by atoms with van der Waals surface area (Å²) in [6, 6.07) is 7.52. The minimum atomic E-state index is -0.288. The largest absolute Gasteiger partial charge is 0.493 e. The molecular formula is C15H20BrNO4. The van der Waals surface area contributed by atoms with Gasteiger partial charge in [0.25, 0.3) is 0 Å². The number of hydrogen-bond acceptors (Lipinski definition) is 4. The topological polar surface area (TPSA) is 59.0 Å². The van der Waals surface area contributed by atoms with Gasteiger partial charge in [-0.3, -0.25) is 4.79 Å². The molecule has 1 saturated heterocycles. The van der Waals surface area contributed by atoms with Gasteiger partial charge in [-0.05, 0) is 25.1 Å². The van der Waals surface area contributed by atoms with Crippen molar-refractivity contribution in [1.29, 1.82) is 0 Å². The van der Waals surface area contributed by atoms with Gasteiger partial charge in [0.15, 0.2) is 0 Å². The van der Waals surface area contributed by atoms with Crippen LogP contribution in [0.1, 0.15) is 13.3 Å². The molecule has 0 bridgehead atoms. The monoisotopic (exact) mass is 357 g/mol. The number of amides is 1. The van der Waals surface area contributed by atoms with E-state index in [2.05, 4.69) is 15.9 Å². The maximum absolute atomic E-state index is 12.2. The Morgan fingerprint density at radius 1 is 1.52 bits per heavy atom. The van der Waals surface area contributed by atoms with E-state index in [1.165, 1.54) is 0 Å². The molecule has 0 aliphatic carbocycles. The van der Waals surface area contributed by atoms with Crippen molar-refractivity contribution in [1.82, 2.24) is 4.90 Å². The van der Waals surface area contributed by atoms with Crippen LogP contribution in [0.3, 0.4) is 0 Å². The normalized spacial score (nSPS) is 22.1. The number of aliphatic hydroxyl groups excluding tert-OH is 1. The highest BCUT2D eigenvalue weighted by Crippen LogP contribution is 2.18. The number of morpholine rings is 1. The first-order valence-electron chi connectivity index (χ1n) is 7.01. The standard InChI is InChI=1S/C15H20BrNO4/c1-11-8-17(9-14(10-18)21-11)15(19)5-6-20-13-4-2-3-12(16)7-13/h2-4,7,11,14,18H,5-6,8-10H2,1H3. The number of hydrogen-bond donors (Lipinski definition) is 1. The van der Waals surface area contributed by atoms with Gasteiger partial charge in [-0.1, -0.05) is 22.0 Å². The van der Waals surface area contributed by atoms with Crippen LogP contribution in [0.15, 0.2) is 28.7 Å². The van der Waals surface area contributed by atoms with Crippen LogP contribution < -0.4 is 4.74 Å². The van der Waals surface area contributed by atoms with Crippen LogP contribution in [0.25, 0.3) is 0 Å². The molecule has 1 aliphatic heterocycles. The van der Waals surface area contributed by atoms with Gasteiger partial charge in [-0.15, -0.1) is 0 Å². The van der Waals surface area contributed by atoms with Crippen molar-refractivity contribution in [2.24, 2.45) is 0 Å². The van der Waals surface area contributed by atoms with Gasteiger partial charge in [0.05, 0.1) is 31.8 Å². The van der Waals surface area contributed by atoms with Crippen molar-refractivity contribution in [3.63, 3.8) is 0 Å². The average molecular weight is 358 g/mol. The Morgan fingerprint density at radius 3 is 3.05 bits per heavy atom. The summed E-state index contributed by atoms with van der Waals surface area (Å²) >= 11 is 3.37. The van der Waals surface area contributed by atoms with E-state index in [9.17, 15) is 4.79 Å². The van der Waals surface area contributed by atoms with Crippen molar-refractivity contribution in [3.05, 3.63) is 28.7 Å². The van der Waals surface area contributed by atoms with Gasteiger partial charge in [0.1, 0.15) is 5.75 Å². The molecule has 1 aromatic rings. The van der Waals surface area contributed by atoms with Crippen molar-refractivity contribution < 1.29 is 19.4 Å². The summed E-state index contributed by atoms with van der Waals surface area (Å²) in [6.07, 6.45) is -0.0215. The zero-order valence-electron chi connectivity index (χ0n) is 12.0. The van der Waals surface area contributed by atoms with Crippen LogP contribution in [-0.4, -0.2) is 54.4 Å². The number of nitrogens with zero attached hydrogens (tertiary/aromatic N) is 1. The average Bonchev–Trinajstić information content (AvgIpc) is 2.46. The lowest BCUT2D eigenvalue weighted by Crippen LogP contribution is -2.50. The molecule has 1 fully saturated rings. The molecule has 1 heterocycles. The summed E-state index contributed by atoms with van der Waals surface area (Å²) in [5.74, 6) is 0.763. The fraction of sp³-hybridized carbons (Fsp3) is 0.533.